The number of aliphatic hydroxyl groups is 1. The lowest BCUT2D eigenvalue weighted by Crippen LogP contribution is -2.44. The van der Waals surface area contributed by atoms with Gasteiger partial charge in [-0.2, -0.15) is 0 Å². The van der Waals surface area contributed by atoms with Crippen molar-refractivity contribution in [3.8, 4) is 0 Å². The standard InChI is InChI=1S/C22H30O6/c1-12-7-6-8-13(2)19(26-15(4)23)20-16(14(3)21(25)27-20)11-18(24)22(5)10-9-17(12)28-22/h8,16-20,24H,1,3,6-7,9-11H2,2,4-5H3/b13-8+/t16-,17+,18+,19+,20-,22-/m1/s1. The van der Waals surface area contributed by atoms with E-state index in [1.807, 2.05) is 19.9 Å². The summed E-state index contributed by atoms with van der Waals surface area (Å²) >= 11 is 0. The molecule has 3 aliphatic rings. The Labute approximate surface area is 166 Å². The second-order valence-electron chi connectivity index (χ2n) is 8.39. The van der Waals surface area contributed by atoms with E-state index in [2.05, 4.69) is 13.2 Å². The molecule has 0 aromatic rings. The van der Waals surface area contributed by atoms with E-state index in [4.69, 9.17) is 14.2 Å². The number of rotatable bonds is 1. The van der Waals surface area contributed by atoms with Crippen molar-refractivity contribution in [1.29, 1.82) is 0 Å². The summed E-state index contributed by atoms with van der Waals surface area (Å²) in [4.78, 5) is 24.0. The summed E-state index contributed by atoms with van der Waals surface area (Å²) in [5.41, 5.74) is 1.38. The monoisotopic (exact) mass is 390 g/mol. The summed E-state index contributed by atoms with van der Waals surface area (Å²) in [6.45, 7) is 13.1. The number of carbonyl (C=O) groups excluding carboxylic acids is 2. The SMILES string of the molecule is C=C1CC/C=C(\C)[C@H](OC(C)=O)[C@@H]2OC(=O)C(=C)[C@H]2C[C@H](O)[C@@]2(C)CC[C@@H]1O2. The van der Waals surface area contributed by atoms with Gasteiger partial charge in [0.15, 0.2) is 6.10 Å². The van der Waals surface area contributed by atoms with Gasteiger partial charge >= 0.3 is 11.9 Å². The van der Waals surface area contributed by atoms with E-state index in [1.54, 1.807) is 0 Å². The highest BCUT2D eigenvalue weighted by atomic mass is 16.6. The minimum atomic E-state index is -0.813. The molecule has 6 nitrogen and oxygen atoms in total. The van der Waals surface area contributed by atoms with Crippen LogP contribution >= 0.6 is 0 Å². The Balaban J connectivity index is 1.98. The maximum atomic E-state index is 12.2. The van der Waals surface area contributed by atoms with Gasteiger partial charge in [-0.15, -0.1) is 0 Å². The third-order valence-electron chi connectivity index (χ3n) is 6.27. The molecule has 0 aromatic heterocycles. The number of allylic oxidation sites excluding steroid dienone is 1. The molecule has 2 fully saturated rings. The normalized spacial score (nSPS) is 41.1. The van der Waals surface area contributed by atoms with Crippen molar-refractivity contribution in [1.82, 2.24) is 0 Å². The van der Waals surface area contributed by atoms with Crippen LogP contribution < -0.4 is 0 Å². The van der Waals surface area contributed by atoms with Crippen LogP contribution in [0, 0.1) is 5.92 Å². The van der Waals surface area contributed by atoms with E-state index in [9.17, 15) is 14.7 Å². The zero-order valence-electron chi connectivity index (χ0n) is 16.9. The molecule has 2 bridgehead atoms. The molecule has 154 valence electrons. The molecule has 1 N–H and O–H groups in total. The van der Waals surface area contributed by atoms with Gasteiger partial charge in [-0.25, -0.2) is 4.79 Å². The number of hydrogen-bond donors (Lipinski definition) is 1. The topological polar surface area (TPSA) is 82.1 Å². The Morgan fingerprint density at radius 3 is 2.79 bits per heavy atom. The molecule has 0 radical (unpaired) electrons. The van der Waals surface area contributed by atoms with Gasteiger partial charge in [0.2, 0.25) is 0 Å². The Morgan fingerprint density at radius 2 is 2.11 bits per heavy atom. The van der Waals surface area contributed by atoms with Gasteiger partial charge in [-0.05, 0) is 57.1 Å². The summed E-state index contributed by atoms with van der Waals surface area (Å²) < 4.78 is 17.3. The lowest BCUT2D eigenvalue weighted by Gasteiger charge is -2.34. The fourth-order valence-electron chi connectivity index (χ4n) is 4.42. The third-order valence-corrected chi connectivity index (χ3v) is 6.27. The zero-order valence-corrected chi connectivity index (χ0v) is 16.9. The third kappa shape index (κ3) is 3.94. The van der Waals surface area contributed by atoms with Crippen LogP contribution in [0.25, 0.3) is 0 Å². The van der Waals surface area contributed by atoms with Crippen molar-refractivity contribution >= 4 is 11.9 Å². The summed E-state index contributed by atoms with van der Waals surface area (Å²) in [5.74, 6) is -1.42. The minimum Gasteiger partial charge on any atom is -0.454 e. The summed E-state index contributed by atoms with van der Waals surface area (Å²) in [6.07, 6.45) is 2.90. The average molecular weight is 390 g/mol. The summed E-state index contributed by atoms with van der Waals surface area (Å²) in [6, 6.07) is 0. The molecule has 6 atom stereocenters. The molecule has 3 heterocycles. The van der Waals surface area contributed by atoms with Gasteiger partial charge in [0.25, 0.3) is 0 Å². The fourth-order valence-corrected chi connectivity index (χ4v) is 4.42. The van der Waals surface area contributed by atoms with Gasteiger partial charge in [0, 0.05) is 18.4 Å². The van der Waals surface area contributed by atoms with Crippen LogP contribution in [-0.4, -0.2) is 47.1 Å². The van der Waals surface area contributed by atoms with Crippen molar-refractivity contribution < 1.29 is 28.9 Å². The van der Waals surface area contributed by atoms with Gasteiger partial charge in [0.1, 0.15) is 6.10 Å². The number of ether oxygens (including phenoxy) is 3. The molecule has 28 heavy (non-hydrogen) atoms. The molecule has 3 rings (SSSR count). The number of carbonyl (C=O) groups is 2. The summed E-state index contributed by atoms with van der Waals surface area (Å²) in [7, 11) is 0. The highest BCUT2D eigenvalue weighted by Gasteiger charge is 2.50. The first-order chi connectivity index (χ1) is 13.1. The van der Waals surface area contributed by atoms with Crippen molar-refractivity contribution in [2.75, 3.05) is 0 Å². The molecule has 0 aromatic carbocycles. The van der Waals surface area contributed by atoms with Crippen LogP contribution in [0.5, 0.6) is 0 Å². The smallest absolute Gasteiger partial charge is 0.334 e. The number of esters is 2. The molecule has 0 aliphatic carbocycles. The molecule has 3 aliphatic heterocycles. The Kier molecular flexibility index (Phi) is 5.82. The van der Waals surface area contributed by atoms with Crippen LogP contribution in [0.2, 0.25) is 0 Å². The first kappa shape index (κ1) is 20.8. The van der Waals surface area contributed by atoms with E-state index in [-0.39, 0.29) is 12.5 Å². The molecular formula is C22H30O6. The van der Waals surface area contributed by atoms with Crippen LogP contribution in [-0.2, 0) is 23.8 Å². The molecule has 6 heteroatoms. The van der Waals surface area contributed by atoms with Crippen molar-refractivity contribution in [3.05, 3.63) is 36.0 Å². The lowest BCUT2D eigenvalue weighted by molar-refractivity contribution is -0.159. The van der Waals surface area contributed by atoms with Crippen LogP contribution in [0.4, 0.5) is 0 Å². The predicted molar refractivity (Wildman–Crippen MR) is 103 cm³/mol. The fraction of sp³-hybridized carbons (Fsp3) is 0.636. The van der Waals surface area contributed by atoms with Crippen LogP contribution in [0.15, 0.2) is 36.0 Å². The quantitative estimate of drug-likeness (QED) is 0.421. The molecule has 0 unspecified atom stereocenters. The second kappa shape index (κ2) is 7.84. The van der Waals surface area contributed by atoms with E-state index in [0.29, 0.717) is 18.4 Å². The van der Waals surface area contributed by atoms with Crippen molar-refractivity contribution in [3.63, 3.8) is 0 Å². The Morgan fingerprint density at radius 1 is 1.39 bits per heavy atom. The summed E-state index contributed by atoms with van der Waals surface area (Å²) in [5, 5.41) is 11.0. The average Bonchev–Trinajstić information content (AvgIpc) is 3.15. The van der Waals surface area contributed by atoms with E-state index in [0.717, 1.165) is 24.0 Å². The molecule has 0 saturated carbocycles. The first-order valence-corrected chi connectivity index (χ1v) is 9.89. The lowest BCUT2D eigenvalue weighted by atomic mass is 9.81. The maximum Gasteiger partial charge on any atom is 0.334 e. The van der Waals surface area contributed by atoms with Crippen LogP contribution in [0.3, 0.4) is 0 Å². The second-order valence-corrected chi connectivity index (χ2v) is 8.39. The van der Waals surface area contributed by atoms with E-state index < -0.39 is 41.8 Å². The van der Waals surface area contributed by atoms with Crippen LogP contribution in [0.1, 0.15) is 52.9 Å². The first-order valence-electron chi connectivity index (χ1n) is 9.89. The van der Waals surface area contributed by atoms with Gasteiger partial charge in [-0.3, -0.25) is 4.79 Å². The highest BCUT2D eigenvalue weighted by Crippen LogP contribution is 2.42. The molecule has 0 amide bonds. The number of aliphatic hydroxyl groups excluding tert-OH is 1. The molecular weight excluding hydrogens is 360 g/mol. The van der Waals surface area contributed by atoms with E-state index >= 15 is 0 Å². The van der Waals surface area contributed by atoms with Gasteiger partial charge in [0.05, 0.1) is 17.8 Å². The van der Waals surface area contributed by atoms with Crippen molar-refractivity contribution in [2.45, 2.75) is 82.9 Å². The Hall–Kier alpha value is -1.92. The highest BCUT2D eigenvalue weighted by molar-refractivity contribution is 5.91. The zero-order chi connectivity index (χ0) is 20.6. The number of fused-ring (bicyclic) bond motifs is 3. The minimum absolute atomic E-state index is 0.0844. The maximum absolute atomic E-state index is 12.2. The largest absolute Gasteiger partial charge is 0.454 e. The van der Waals surface area contributed by atoms with Crippen molar-refractivity contribution in [2.24, 2.45) is 5.92 Å². The number of hydrogen-bond acceptors (Lipinski definition) is 6. The van der Waals surface area contributed by atoms with E-state index in [1.165, 1.54) is 6.92 Å². The molecule has 0 spiro atoms. The van der Waals surface area contributed by atoms with Gasteiger partial charge < -0.3 is 19.3 Å². The molecule has 2 saturated heterocycles. The predicted octanol–water partition coefficient (Wildman–Crippen LogP) is 3.00. The Bertz CT molecular complexity index is 723. The van der Waals surface area contributed by atoms with Gasteiger partial charge in [-0.1, -0.05) is 19.2 Å².